The molecule has 1 saturated heterocycles. The third kappa shape index (κ3) is 2.19. The van der Waals surface area contributed by atoms with Crippen LogP contribution in [0.4, 0.5) is 0 Å². The van der Waals surface area contributed by atoms with Crippen LogP contribution < -0.4 is 0 Å². The minimum Gasteiger partial charge on any atom is -0.279 e. The Morgan fingerprint density at radius 2 is 1.93 bits per heavy atom. The molecule has 0 saturated carbocycles. The number of rotatable bonds is 1. The fraction of sp³-hybridized carbons (Fsp3) is 0.273. The molecule has 0 bridgehead atoms. The van der Waals surface area contributed by atoms with Gasteiger partial charge in [0.2, 0.25) is 5.91 Å². The number of benzene rings is 1. The second-order valence-electron chi connectivity index (χ2n) is 3.46. The molecule has 1 aromatic rings. The van der Waals surface area contributed by atoms with Crippen LogP contribution in [-0.2, 0) is 4.79 Å². The van der Waals surface area contributed by atoms with E-state index in [1.54, 1.807) is 12.1 Å². The van der Waals surface area contributed by atoms with Gasteiger partial charge in [0.05, 0.1) is 0 Å². The summed E-state index contributed by atoms with van der Waals surface area (Å²) >= 11 is 2.18. The molecule has 4 heteroatoms. The van der Waals surface area contributed by atoms with E-state index in [0.717, 1.165) is 9.99 Å². The lowest BCUT2D eigenvalue weighted by Crippen LogP contribution is -2.31. The lowest BCUT2D eigenvalue weighted by atomic mass is 10.2. The number of hydrogen-bond acceptors (Lipinski definition) is 2. The van der Waals surface area contributed by atoms with E-state index in [1.165, 1.54) is 4.90 Å². The van der Waals surface area contributed by atoms with E-state index in [1.807, 2.05) is 12.1 Å². The minimum absolute atomic E-state index is 0.0569. The van der Waals surface area contributed by atoms with E-state index in [2.05, 4.69) is 22.6 Å². The summed E-state index contributed by atoms with van der Waals surface area (Å²) < 4.78 is 1.08. The van der Waals surface area contributed by atoms with Crippen molar-refractivity contribution in [1.29, 1.82) is 0 Å². The Morgan fingerprint density at radius 3 is 2.47 bits per heavy atom. The first-order valence-corrected chi connectivity index (χ1v) is 5.86. The van der Waals surface area contributed by atoms with Gasteiger partial charge in [-0.15, -0.1) is 0 Å². The molecule has 1 aliphatic heterocycles. The van der Waals surface area contributed by atoms with Gasteiger partial charge in [0, 0.05) is 22.1 Å². The summed E-state index contributed by atoms with van der Waals surface area (Å²) in [5.74, 6) is -0.229. The third-order valence-electron chi connectivity index (χ3n) is 2.41. The largest absolute Gasteiger partial charge is 0.279 e. The predicted molar refractivity (Wildman–Crippen MR) is 64.4 cm³/mol. The van der Waals surface area contributed by atoms with Crippen LogP contribution in [-0.4, -0.2) is 23.3 Å². The third-order valence-corrected chi connectivity index (χ3v) is 3.13. The summed E-state index contributed by atoms with van der Waals surface area (Å²) in [7, 11) is 0. The van der Waals surface area contributed by atoms with Crippen LogP contribution in [0.2, 0.25) is 0 Å². The summed E-state index contributed by atoms with van der Waals surface area (Å²) in [5.41, 5.74) is 0.589. The molecule has 1 aliphatic rings. The van der Waals surface area contributed by atoms with Crippen molar-refractivity contribution >= 4 is 34.4 Å². The van der Waals surface area contributed by atoms with Crippen molar-refractivity contribution in [3.63, 3.8) is 0 Å². The first kappa shape index (κ1) is 10.6. The van der Waals surface area contributed by atoms with Crippen LogP contribution in [0.1, 0.15) is 23.2 Å². The molecule has 78 valence electrons. The molecule has 15 heavy (non-hydrogen) atoms. The normalized spacial score (nSPS) is 15.8. The molecule has 0 atom stereocenters. The van der Waals surface area contributed by atoms with Crippen LogP contribution in [0.15, 0.2) is 24.3 Å². The molecule has 2 rings (SSSR count). The zero-order chi connectivity index (χ0) is 10.8. The lowest BCUT2D eigenvalue weighted by molar-refractivity contribution is -0.125. The van der Waals surface area contributed by atoms with Gasteiger partial charge in [-0.2, -0.15) is 0 Å². The van der Waals surface area contributed by atoms with Gasteiger partial charge >= 0.3 is 0 Å². The second-order valence-corrected chi connectivity index (χ2v) is 4.71. The summed E-state index contributed by atoms with van der Waals surface area (Å²) in [4.78, 5) is 24.6. The molecule has 0 radical (unpaired) electrons. The molecule has 0 N–H and O–H groups in total. The number of nitrogens with zero attached hydrogens (tertiary/aromatic N) is 1. The average molecular weight is 315 g/mol. The minimum atomic E-state index is -0.172. The summed E-state index contributed by atoms with van der Waals surface area (Å²) in [6.45, 7) is 0.559. The first-order valence-electron chi connectivity index (χ1n) is 4.79. The molecule has 3 nitrogen and oxygen atoms in total. The van der Waals surface area contributed by atoms with Gasteiger partial charge in [-0.05, 0) is 53.3 Å². The van der Waals surface area contributed by atoms with Gasteiger partial charge < -0.3 is 0 Å². The highest BCUT2D eigenvalue weighted by molar-refractivity contribution is 14.1. The molecular formula is C11H10INO2. The van der Waals surface area contributed by atoms with Crippen molar-refractivity contribution in [2.45, 2.75) is 12.8 Å². The smallest absolute Gasteiger partial charge is 0.260 e. The first-order chi connectivity index (χ1) is 7.18. The number of halogens is 1. The van der Waals surface area contributed by atoms with Crippen molar-refractivity contribution in [2.24, 2.45) is 0 Å². The number of imide groups is 1. The van der Waals surface area contributed by atoms with Gasteiger partial charge in [0.25, 0.3) is 5.91 Å². The number of hydrogen-bond donors (Lipinski definition) is 0. The number of carbonyl (C=O) groups is 2. The molecule has 0 aliphatic carbocycles. The number of carbonyl (C=O) groups excluding carboxylic acids is 2. The molecule has 1 fully saturated rings. The van der Waals surface area contributed by atoms with E-state index in [0.29, 0.717) is 18.5 Å². The number of amides is 2. The van der Waals surface area contributed by atoms with E-state index < -0.39 is 0 Å². The maximum atomic E-state index is 11.9. The monoisotopic (exact) mass is 315 g/mol. The van der Waals surface area contributed by atoms with Crippen LogP contribution in [0.25, 0.3) is 0 Å². The van der Waals surface area contributed by atoms with Crippen LogP contribution in [0.3, 0.4) is 0 Å². The standard InChI is InChI=1S/C11H10INO2/c12-9-5-3-8(4-6-9)11(15)13-7-1-2-10(13)14/h3-6H,1-2,7H2. The Morgan fingerprint density at radius 1 is 1.27 bits per heavy atom. The Hall–Kier alpha value is -0.910. The van der Waals surface area contributed by atoms with Crippen LogP contribution in [0.5, 0.6) is 0 Å². The summed E-state index contributed by atoms with van der Waals surface area (Å²) in [5, 5.41) is 0. The molecule has 1 heterocycles. The van der Waals surface area contributed by atoms with E-state index in [4.69, 9.17) is 0 Å². The zero-order valence-corrected chi connectivity index (χ0v) is 10.2. The molecule has 2 amide bonds. The average Bonchev–Trinajstić information content (AvgIpc) is 2.65. The summed E-state index contributed by atoms with van der Waals surface area (Å²) in [6, 6.07) is 7.26. The molecule has 0 aromatic heterocycles. The van der Waals surface area contributed by atoms with Gasteiger partial charge in [-0.1, -0.05) is 0 Å². The fourth-order valence-electron chi connectivity index (χ4n) is 1.61. The SMILES string of the molecule is O=C1CCCN1C(=O)c1ccc(I)cc1. The van der Waals surface area contributed by atoms with E-state index >= 15 is 0 Å². The van der Waals surface area contributed by atoms with Gasteiger partial charge in [0.15, 0.2) is 0 Å². The molecule has 1 aromatic carbocycles. The number of likely N-dealkylation sites (tertiary alicyclic amines) is 1. The maximum Gasteiger partial charge on any atom is 0.260 e. The van der Waals surface area contributed by atoms with Crippen molar-refractivity contribution in [1.82, 2.24) is 4.90 Å². The maximum absolute atomic E-state index is 11.9. The Labute approximate surface area is 102 Å². The summed E-state index contributed by atoms with van der Waals surface area (Å²) in [6.07, 6.45) is 1.28. The lowest BCUT2D eigenvalue weighted by Gasteiger charge is -2.13. The highest BCUT2D eigenvalue weighted by Crippen LogP contribution is 2.15. The van der Waals surface area contributed by atoms with Crippen LogP contribution in [0, 0.1) is 3.57 Å². The van der Waals surface area contributed by atoms with Crippen LogP contribution >= 0.6 is 22.6 Å². The van der Waals surface area contributed by atoms with Gasteiger partial charge in [0.1, 0.15) is 0 Å². The predicted octanol–water partition coefficient (Wildman–Crippen LogP) is 2.05. The topological polar surface area (TPSA) is 37.4 Å². The fourth-order valence-corrected chi connectivity index (χ4v) is 1.97. The highest BCUT2D eigenvalue weighted by Gasteiger charge is 2.26. The second kappa shape index (κ2) is 4.30. The van der Waals surface area contributed by atoms with Gasteiger partial charge in [-0.3, -0.25) is 14.5 Å². The molecule has 0 unspecified atom stereocenters. The van der Waals surface area contributed by atoms with E-state index in [-0.39, 0.29) is 11.8 Å². The molecular weight excluding hydrogens is 305 g/mol. The Balaban J connectivity index is 2.20. The Bertz CT molecular complexity index is 400. The van der Waals surface area contributed by atoms with Gasteiger partial charge in [-0.25, -0.2) is 0 Å². The van der Waals surface area contributed by atoms with Crippen molar-refractivity contribution in [3.05, 3.63) is 33.4 Å². The highest BCUT2D eigenvalue weighted by atomic mass is 127. The van der Waals surface area contributed by atoms with Crippen molar-refractivity contribution in [3.8, 4) is 0 Å². The van der Waals surface area contributed by atoms with Crippen molar-refractivity contribution in [2.75, 3.05) is 6.54 Å². The van der Waals surface area contributed by atoms with Crippen molar-refractivity contribution < 1.29 is 9.59 Å². The zero-order valence-electron chi connectivity index (χ0n) is 8.07. The Kier molecular flexibility index (Phi) is 3.04. The van der Waals surface area contributed by atoms with E-state index in [9.17, 15) is 9.59 Å². The molecule has 0 spiro atoms. The quantitative estimate of drug-likeness (QED) is 0.588.